The second-order valence-electron chi connectivity index (χ2n) is 8.51. The Morgan fingerprint density at radius 2 is 1.83 bits per heavy atom. The number of aliphatic hydroxyl groups excluding tert-OH is 1. The van der Waals surface area contributed by atoms with Gasteiger partial charge in [-0.2, -0.15) is 0 Å². The number of carbonyl (C=O) groups is 1. The highest BCUT2D eigenvalue weighted by atomic mass is 35.5. The average molecular weight is 500 g/mol. The molecular weight excluding hydrogens is 473 g/mol. The number of carbonyl (C=O) groups excluding carboxylic acids is 1. The maximum Gasteiger partial charge on any atom is 0.163 e. The number of nitrogens with zero attached hydrogens (tertiary/aromatic N) is 1. The molecule has 6 nitrogen and oxygen atoms in total. The number of Topliss-reactive ketones (excluding diaryl/α,β-unsaturated/α-hetero) is 1. The van der Waals surface area contributed by atoms with E-state index in [1.54, 1.807) is 37.4 Å². The Kier molecular flexibility index (Phi) is 7.88. The molecule has 1 aliphatic carbocycles. The summed E-state index contributed by atoms with van der Waals surface area (Å²) >= 11 is 5.92. The molecule has 2 aromatic carbocycles. The molecule has 4 rings (SSSR count). The average Bonchev–Trinajstić information content (AvgIpc) is 3.71. The van der Waals surface area contributed by atoms with Crippen molar-refractivity contribution in [1.29, 1.82) is 0 Å². The molecule has 0 saturated heterocycles. The number of aromatic nitrogens is 1. The molecule has 35 heavy (non-hydrogen) atoms. The van der Waals surface area contributed by atoms with Gasteiger partial charge in [0, 0.05) is 17.5 Å². The second-order valence-corrected chi connectivity index (χ2v) is 8.92. The number of pyridine rings is 1. The summed E-state index contributed by atoms with van der Waals surface area (Å²) in [6.07, 6.45) is 1.66. The molecule has 8 heteroatoms. The van der Waals surface area contributed by atoms with Gasteiger partial charge in [0.2, 0.25) is 0 Å². The predicted octanol–water partition coefficient (Wildman–Crippen LogP) is 6.04. The maximum atomic E-state index is 13.6. The minimum absolute atomic E-state index is 0.0395. The molecule has 3 aromatic rings. The molecule has 1 saturated carbocycles. The van der Waals surface area contributed by atoms with Crippen LogP contribution >= 0.6 is 11.6 Å². The maximum absolute atomic E-state index is 13.6. The van der Waals surface area contributed by atoms with Gasteiger partial charge in [0.25, 0.3) is 0 Å². The lowest BCUT2D eigenvalue weighted by Gasteiger charge is -2.15. The molecule has 0 amide bonds. The van der Waals surface area contributed by atoms with Crippen molar-refractivity contribution in [3.8, 4) is 28.5 Å². The summed E-state index contributed by atoms with van der Waals surface area (Å²) in [7, 11) is 3.04. The number of hydrogen-bond donors (Lipinski definition) is 1. The van der Waals surface area contributed by atoms with Crippen molar-refractivity contribution >= 4 is 17.4 Å². The molecule has 1 atom stereocenters. The van der Waals surface area contributed by atoms with E-state index >= 15 is 0 Å². The highest BCUT2D eigenvalue weighted by Crippen LogP contribution is 2.35. The largest absolute Gasteiger partial charge is 0.494 e. The third kappa shape index (κ3) is 6.10. The van der Waals surface area contributed by atoms with Crippen LogP contribution in [0.25, 0.3) is 11.3 Å². The Bertz CT molecular complexity index is 1210. The van der Waals surface area contributed by atoms with E-state index in [9.17, 15) is 14.3 Å². The lowest BCUT2D eigenvalue weighted by molar-refractivity contribution is 0.0937. The first-order valence-corrected chi connectivity index (χ1v) is 11.8. The van der Waals surface area contributed by atoms with Gasteiger partial charge in [-0.3, -0.25) is 4.79 Å². The lowest BCUT2D eigenvalue weighted by atomic mass is 10.0. The number of aliphatic hydroxyl groups is 1. The molecule has 0 bridgehead atoms. The summed E-state index contributed by atoms with van der Waals surface area (Å²) in [6.45, 7) is 0.650. The van der Waals surface area contributed by atoms with Crippen molar-refractivity contribution in [3.63, 3.8) is 0 Å². The normalized spacial score (nSPS) is 13.9. The minimum Gasteiger partial charge on any atom is -0.494 e. The smallest absolute Gasteiger partial charge is 0.163 e. The van der Waals surface area contributed by atoms with Crippen LogP contribution in [0.15, 0.2) is 48.5 Å². The summed E-state index contributed by atoms with van der Waals surface area (Å²) < 4.78 is 30.2. The van der Waals surface area contributed by atoms with E-state index in [0.717, 1.165) is 0 Å². The lowest BCUT2D eigenvalue weighted by Crippen LogP contribution is -2.07. The van der Waals surface area contributed by atoms with Gasteiger partial charge in [0.15, 0.2) is 17.3 Å². The van der Waals surface area contributed by atoms with Crippen LogP contribution in [0.5, 0.6) is 17.2 Å². The van der Waals surface area contributed by atoms with Crippen molar-refractivity contribution < 1.29 is 28.5 Å². The number of ether oxygens (including phenoxy) is 3. The topological polar surface area (TPSA) is 77.9 Å². The van der Waals surface area contributed by atoms with Gasteiger partial charge in [-0.1, -0.05) is 11.6 Å². The Morgan fingerprint density at radius 1 is 1.09 bits per heavy atom. The summed E-state index contributed by atoms with van der Waals surface area (Å²) in [6, 6.07) is 12.7. The highest BCUT2D eigenvalue weighted by molar-refractivity contribution is 6.31. The summed E-state index contributed by atoms with van der Waals surface area (Å²) in [4.78, 5) is 17.3. The first-order valence-electron chi connectivity index (χ1n) is 11.4. The number of rotatable bonds is 11. The fourth-order valence-electron chi connectivity index (χ4n) is 3.67. The van der Waals surface area contributed by atoms with E-state index in [-0.39, 0.29) is 23.6 Å². The van der Waals surface area contributed by atoms with Crippen molar-refractivity contribution in [2.24, 2.45) is 5.92 Å². The number of hydrogen-bond acceptors (Lipinski definition) is 6. The summed E-state index contributed by atoms with van der Waals surface area (Å²) in [5.74, 6) is 1.52. The zero-order valence-electron chi connectivity index (χ0n) is 19.6. The Balaban J connectivity index is 1.44. The fraction of sp³-hybridized carbons (Fsp3) is 0.333. The Labute approximate surface area is 208 Å². The van der Waals surface area contributed by atoms with E-state index in [4.69, 9.17) is 25.8 Å². The van der Waals surface area contributed by atoms with Gasteiger partial charge < -0.3 is 19.3 Å². The predicted molar refractivity (Wildman–Crippen MR) is 131 cm³/mol. The summed E-state index contributed by atoms with van der Waals surface area (Å²) in [5.41, 5.74) is 1.82. The fourth-order valence-corrected chi connectivity index (χ4v) is 3.86. The SMILES string of the molecule is COc1cc(C(=O)CCC(O)c2ccc(OC)c(-c3ccc(F)c(Cl)c3)n2)ccc1OCC1CC1. The van der Waals surface area contributed by atoms with Crippen molar-refractivity contribution in [2.75, 3.05) is 20.8 Å². The summed E-state index contributed by atoms with van der Waals surface area (Å²) in [5, 5.41) is 10.7. The molecule has 0 aliphatic heterocycles. The molecule has 1 aromatic heterocycles. The minimum atomic E-state index is -0.984. The highest BCUT2D eigenvalue weighted by Gasteiger charge is 2.23. The van der Waals surface area contributed by atoms with Gasteiger partial charge in [-0.05, 0) is 73.7 Å². The van der Waals surface area contributed by atoms with Crippen LogP contribution in [0.2, 0.25) is 5.02 Å². The van der Waals surface area contributed by atoms with Crippen LogP contribution in [-0.4, -0.2) is 36.7 Å². The molecule has 1 unspecified atom stereocenters. The van der Waals surface area contributed by atoms with Crippen LogP contribution < -0.4 is 14.2 Å². The van der Waals surface area contributed by atoms with Gasteiger partial charge >= 0.3 is 0 Å². The van der Waals surface area contributed by atoms with Gasteiger partial charge in [0.05, 0.1) is 37.6 Å². The number of methoxy groups -OCH3 is 2. The van der Waals surface area contributed by atoms with E-state index < -0.39 is 11.9 Å². The molecule has 1 aliphatic rings. The van der Waals surface area contributed by atoms with Crippen molar-refractivity contribution in [2.45, 2.75) is 31.8 Å². The van der Waals surface area contributed by atoms with E-state index in [1.165, 1.54) is 38.2 Å². The zero-order valence-corrected chi connectivity index (χ0v) is 20.3. The molecule has 1 heterocycles. The van der Waals surface area contributed by atoms with Crippen LogP contribution in [0.1, 0.15) is 47.8 Å². The van der Waals surface area contributed by atoms with E-state index in [1.807, 2.05) is 0 Å². The van der Waals surface area contributed by atoms with Gasteiger partial charge in [0.1, 0.15) is 17.3 Å². The first kappa shape index (κ1) is 24.9. The van der Waals surface area contributed by atoms with Crippen molar-refractivity contribution in [3.05, 3.63) is 70.6 Å². The number of benzene rings is 2. The number of halogens is 2. The quantitative estimate of drug-likeness (QED) is 0.324. The van der Waals surface area contributed by atoms with Crippen molar-refractivity contribution in [1.82, 2.24) is 4.98 Å². The first-order chi connectivity index (χ1) is 16.9. The van der Waals surface area contributed by atoms with E-state index in [0.29, 0.717) is 52.3 Å². The van der Waals surface area contributed by atoms with Gasteiger partial charge in [-0.15, -0.1) is 0 Å². The Morgan fingerprint density at radius 3 is 2.51 bits per heavy atom. The molecule has 184 valence electrons. The third-order valence-corrected chi connectivity index (χ3v) is 6.23. The molecule has 0 spiro atoms. The molecule has 1 N–H and O–H groups in total. The zero-order chi connectivity index (χ0) is 24.9. The van der Waals surface area contributed by atoms with Gasteiger partial charge in [-0.25, -0.2) is 9.37 Å². The number of ketones is 1. The van der Waals surface area contributed by atoms with Crippen LogP contribution in [-0.2, 0) is 0 Å². The second kappa shape index (κ2) is 11.1. The molecule has 1 fully saturated rings. The molecular formula is C27H27ClFNO5. The van der Waals surface area contributed by atoms with E-state index in [2.05, 4.69) is 4.98 Å². The van der Waals surface area contributed by atoms with Crippen LogP contribution in [0.4, 0.5) is 4.39 Å². The molecule has 0 radical (unpaired) electrons. The third-order valence-electron chi connectivity index (χ3n) is 5.94. The monoisotopic (exact) mass is 499 g/mol. The van der Waals surface area contributed by atoms with Crippen LogP contribution in [0, 0.1) is 11.7 Å². The standard InChI is InChI=1S/C27H27ClFNO5/c1-33-25-12-8-21(30-27(25)18-5-7-20(29)19(28)13-18)23(32)10-9-22(31)17-6-11-24(26(14-17)34-2)35-15-16-3-4-16/h5-8,11-14,16,23,32H,3-4,9-10,15H2,1-2H3. The van der Waals surface area contributed by atoms with Crippen LogP contribution in [0.3, 0.4) is 0 Å². The Hall–Kier alpha value is -3.16.